The number of benzene rings is 1. The third-order valence-corrected chi connectivity index (χ3v) is 2.26. The molecule has 100 valence electrons. The van der Waals surface area contributed by atoms with Crippen molar-refractivity contribution in [1.29, 1.82) is 0 Å². The van der Waals surface area contributed by atoms with Crippen molar-refractivity contribution in [2.24, 2.45) is 0 Å². The SMILES string of the molecule is CCOCC(C)Nc1cc(NC(C)=O)ccc1F. The topological polar surface area (TPSA) is 50.4 Å². The van der Waals surface area contributed by atoms with Gasteiger partial charge in [0.1, 0.15) is 5.82 Å². The van der Waals surface area contributed by atoms with Crippen LogP contribution in [0.4, 0.5) is 15.8 Å². The second-order valence-electron chi connectivity index (χ2n) is 4.08. The quantitative estimate of drug-likeness (QED) is 0.820. The molecule has 5 heteroatoms. The van der Waals surface area contributed by atoms with Gasteiger partial charge in [0, 0.05) is 25.3 Å². The van der Waals surface area contributed by atoms with Gasteiger partial charge in [0.2, 0.25) is 5.91 Å². The Morgan fingerprint density at radius 2 is 2.22 bits per heavy atom. The lowest BCUT2D eigenvalue weighted by Crippen LogP contribution is -2.22. The van der Waals surface area contributed by atoms with Crippen LogP contribution in [0.5, 0.6) is 0 Å². The third-order valence-electron chi connectivity index (χ3n) is 2.26. The molecule has 0 radical (unpaired) electrons. The van der Waals surface area contributed by atoms with Crippen molar-refractivity contribution in [3.63, 3.8) is 0 Å². The lowest BCUT2D eigenvalue weighted by Gasteiger charge is -2.16. The molecule has 0 aliphatic heterocycles. The van der Waals surface area contributed by atoms with Crippen LogP contribution in [0, 0.1) is 5.82 Å². The molecule has 0 heterocycles. The Morgan fingerprint density at radius 3 is 2.83 bits per heavy atom. The predicted molar refractivity (Wildman–Crippen MR) is 70.3 cm³/mol. The zero-order valence-electron chi connectivity index (χ0n) is 10.9. The molecule has 18 heavy (non-hydrogen) atoms. The molecule has 4 nitrogen and oxygen atoms in total. The van der Waals surface area contributed by atoms with E-state index in [1.54, 1.807) is 6.07 Å². The number of amides is 1. The van der Waals surface area contributed by atoms with Gasteiger partial charge >= 0.3 is 0 Å². The van der Waals surface area contributed by atoms with Gasteiger partial charge in [-0.15, -0.1) is 0 Å². The van der Waals surface area contributed by atoms with Crippen LogP contribution in [0.1, 0.15) is 20.8 Å². The zero-order valence-corrected chi connectivity index (χ0v) is 10.9. The summed E-state index contributed by atoms with van der Waals surface area (Å²) in [6, 6.07) is 4.40. The maximum Gasteiger partial charge on any atom is 0.221 e. The molecule has 1 aromatic rings. The summed E-state index contributed by atoms with van der Waals surface area (Å²) in [4.78, 5) is 10.9. The molecule has 1 amide bonds. The van der Waals surface area contributed by atoms with Crippen molar-refractivity contribution in [3.8, 4) is 0 Å². The van der Waals surface area contributed by atoms with Gasteiger partial charge in [-0.05, 0) is 32.0 Å². The lowest BCUT2D eigenvalue weighted by molar-refractivity contribution is -0.114. The predicted octanol–water partition coefficient (Wildman–Crippen LogP) is 2.62. The molecule has 2 N–H and O–H groups in total. The van der Waals surface area contributed by atoms with Gasteiger partial charge in [-0.25, -0.2) is 4.39 Å². The molecule has 0 saturated heterocycles. The van der Waals surface area contributed by atoms with E-state index in [4.69, 9.17) is 4.74 Å². The van der Waals surface area contributed by atoms with E-state index in [2.05, 4.69) is 10.6 Å². The molecule has 1 rings (SSSR count). The third kappa shape index (κ3) is 4.71. The normalized spacial score (nSPS) is 12.0. The van der Waals surface area contributed by atoms with Crippen LogP contribution in [0.15, 0.2) is 18.2 Å². The van der Waals surface area contributed by atoms with Gasteiger partial charge < -0.3 is 15.4 Å². The summed E-state index contributed by atoms with van der Waals surface area (Å²) in [5, 5.41) is 5.62. The van der Waals surface area contributed by atoms with Gasteiger partial charge in [0.15, 0.2) is 0 Å². The highest BCUT2D eigenvalue weighted by Gasteiger charge is 2.08. The Bertz CT molecular complexity index is 410. The minimum Gasteiger partial charge on any atom is -0.380 e. The highest BCUT2D eigenvalue weighted by Crippen LogP contribution is 2.20. The van der Waals surface area contributed by atoms with Crippen LogP contribution >= 0.6 is 0 Å². The van der Waals surface area contributed by atoms with Crippen molar-refractivity contribution in [2.75, 3.05) is 23.8 Å². The fraction of sp³-hybridized carbons (Fsp3) is 0.462. The highest BCUT2D eigenvalue weighted by atomic mass is 19.1. The van der Waals surface area contributed by atoms with Crippen LogP contribution in [0.25, 0.3) is 0 Å². The zero-order chi connectivity index (χ0) is 13.5. The van der Waals surface area contributed by atoms with E-state index < -0.39 is 0 Å². The average molecular weight is 254 g/mol. The standard InChI is InChI=1S/C13H19FN2O2/c1-4-18-8-9(2)15-13-7-11(16-10(3)17)5-6-12(13)14/h5-7,9,15H,4,8H2,1-3H3,(H,16,17). The molecule has 0 spiro atoms. The number of ether oxygens (including phenoxy) is 1. The first kappa shape index (κ1) is 14.4. The number of nitrogens with one attached hydrogen (secondary N) is 2. The Kier molecular flexibility index (Phi) is 5.58. The molecule has 1 unspecified atom stereocenters. The van der Waals surface area contributed by atoms with Gasteiger partial charge in [0.25, 0.3) is 0 Å². The Labute approximate surface area is 107 Å². The number of hydrogen-bond donors (Lipinski definition) is 2. The van der Waals surface area contributed by atoms with Crippen LogP contribution in [0.3, 0.4) is 0 Å². The lowest BCUT2D eigenvalue weighted by atomic mass is 10.2. The number of carbonyl (C=O) groups excluding carboxylic acids is 1. The van der Waals surface area contributed by atoms with Gasteiger partial charge in [0.05, 0.1) is 12.3 Å². The molecule has 1 aromatic carbocycles. The fourth-order valence-electron chi connectivity index (χ4n) is 1.52. The van der Waals surface area contributed by atoms with Crippen LogP contribution in [0.2, 0.25) is 0 Å². The average Bonchev–Trinajstić information content (AvgIpc) is 2.30. The van der Waals surface area contributed by atoms with Gasteiger partial charge in [-0.1, -0.05) is 0 Å². The highest BCUT2D eigenvalue weighted by molar-refractivity contribution is 5.89. The first-order valence-corrected chi connectivity index (χ1v) is 5.94. The van der Waals surface area contributed by atoms with Crippen LogP contribution in [-0.2, 0) is 9.53 Å². The fourth-order valence-corrected chi connectivity index (χ4v) is 1.52. The summed E-state index contributed by atoms with van der Waals surface area (Å²) in [6.07, 6.45) is 0. The Morgan fingerprint density at radius 1 is 1.50 bits per heavy atom. The molecule has 0 aromatic heterocycles. The van der Waals surface area contributed by atoms with Gasteiger partial charge in [-0.3, -0.25) is 4.79 Å². The summed E-state index contributed by atoms with van der Waals surface area (Å²) in [5.41, 5.74) is 0.920. The van der Waals surface area contributed by atoms with Crippen LogP contribution in [-0.4, -0.2) is 25.2 Å². The van der Waals surface area contributed by atoms with E-state index in [0.29, 0.717) is 24.6 Å². The van der Waals surface area contributed by atoms with E-state index in [9.17, 15) is 9.18 Å². The molecular weight excluding hydrogens is 235 g/mol. The second kappa shape index (κ2) is 6.96. The largest absolute Gasteiger partial charge is 0.380 e. The number of carbonyl (C=O) groups is 1. The minimum absolute atomic E-state index is 0.00738. The Hall–Kier alpha value is -1.62. The first-order chi connectivity index (χ1) is 8.52. The summed E-state index contributed by atoms with van der Waals surface area (Å²) < 4.78 is 18.8. The second-order valence-corrected chi connectivity index (χ2v) is 4.08. The summed E-state index contributed by atoms with van der Waals surface area (Å²) in [5.74, 6) is -0.539. The maximum atomic E-state index is 13.6. The summed E-state index contributed by atoms with van der Waals surface area (Å²) in [7, 11) is 0. The number of anilines is 2. The van der Waals surface area contributed by atoms with Gasteiger partial charge in [-0.2, -0.15) is 0 Å². The van der Waals surface area contributed by atoms with Crippen molar-refractivity contribution in [1.82, 2.24) is 0 Å². The van der Waals surface area contributed by atoms with E-state index in [1.165, 1.54) is 19.1 Å². The van der Waals surface area contributed by atoms with Crippen molar-refractivity contribution in [2.45, 2.75) is 26.8 Å². The molecule has 0 fully saturated rings. The molecule has 0 aliphatic carbocycles. The molecule has 0 saturated carbocycles. The van der Waals surface area contributed by atoms with E-state index in [-0.39, 0.29) is 17.8 Å². The number of rotatable bonds is 6. The van der Waals surface area contributed by atoms with E-state index in [1.807, 2.05) is 13.8 Å². The first-order valence-electron chi connectivity index (χ1n) is 5.94. The monoisotopic (exact) mass is 254 g/mol. The van der Waals surface area contributed by atoms with E-state index >= 15 is 0 Å². The summed E-state index contributed by atoms with van der Waals surface area (Å²) >= 11 is 0. The minimum atomic E-state index is -0.354. The molecule has 1 atom stereocenters. The Balaban J connectivity index is 2.71. The van der Waals surface area contributed by atoms with Crippen molar-refractivity contribution in [3.05, 3.63) is 24.0 Å². The molecule has 0 bridgehead atoms. The summed E-state index contributed by atoms with van der Waals surface area (Å²) in [6.45, 7) is 6.35. The maximum absolute atomic E-state index is 13.6. The molecule has 0 aliphatic rings. The number of halogens is 1. The van der Waals surface area contributed by atoms with Crippen molar-refractivity contribution >= 4 is 17.3 Å². The smallest absolute Gasteiger partial charge is 0.221 e. The van der Waals surface area contributed by atoms with Crippen LogP contribution < -0.4 is 10.6 Å². The molecular formula is C13H19FN2O2. The van der Waals surface area contributed by atoms with E-state index in [0.717, 1.165) is 0 Å². The van der Waals surface area contributed by atoms with Crippen molar-refractivity contribution < 1.29 is 13.9 Å². The number of hydrogen-bond acceptors (Lipinski definition) is 3.